The molecule has 0 fully saturated rings. The number of nitrogens with zero attached hydrogens (tertiary/aromatic N) is 1. The van der Waals surface area contributed by atoms with E-state index in [1.165, 1.54) is 0 Å². The van der Waals surface area contributed by atoms with Gasteiger partial charge in [-0.1, -0.05) is 46.3 Å². The van der Waals surface area contributed by atoms with Crippen molar-refractivity contribution >= 4 is 43.6 Å². The fourth-order valence-corrected chi connectivity index (χ4v) is 3.27. The average molecular weight is 366 g/mol. The molecule has 0 bridgehead atoms. The maximum Gasteiger partial charge on any atom is 0.248 e. The second-order valence-electron chi connectivity index (χ2n) is 5.32. The van der Waals surface area contributed by atoms with Crippen LogP contribution < -0.4 is 5.73 Å². The van der Waals surface area contributed by atoms with Crippen LogP contribution >= 0.6 is 15.9 Å². The van der Waals surface area contributed by atoms with Crippen LogP contribution in [0.3, 0.4) is 0 Å². The summed E-state index contributed by atoms with van der Waals surface area (Å²) in [6, 6.07) is 17.4. The van der Waals surface area contributed by atoms with E-state index >= 15 is 0 Å². The Balaban J connectivity index is 1.96. The quantitative estimate of drug-likeness (QED) is 0.557. The monoisotopic (exact) mass is 365 g/mol. The van der Waals surface area contributed by atoms with Crippen LogP contribution in [0.25, 0.3) is 33.2 Å². The van der Waals surface area contributed by atoms with Crippen LogP contribution in [0.4, 0.5) is 0 Å². The molecule has 0 saturated carbocycles. The van der Waals surface area contributed by atoms with Gasteiger partial charge in [-0.2, -0.15) is 0 Å². The van der Waals surface area contributed by atoms with Crippen molar-refractivity contribution in [2.75, 3.05) is 0 Å². The highest BCUT2D eigenvalue weighted by molar-refractivity contribution is 9.10. The minimum atomic E-state index is -0.447. The van der Waals surface area contributed by atoms with Gasteiger partial charge in [-0.3, -0.25) is 4.79 Å². The van der Waals surface area contributed by atoms with Crippen molar-refractivity contribution in [2.45, 2.75) is 0 Å². The Morgan fingerprint density at radius 2 is 1.83 bits per heavy atom. The first-order chi connectivity index (χ1) is 11.1. The second kappa shape index (κ2) is 5.21. The molecule has 3 N–H and O–H groups in total. The van der Waals surface area contributed by atoms with Gasteiger partial charge in [0.25, 0.3) is 0 Å². The molecular weight excluding hydrogens is 354 g/mol. The number of aromatic nitrogens is 2. The zero-order valence-electron chi connectivity index (χ0n) is 12.0. The van der Waals surface area contributed by atoms with E-state index in [1.807, 2.05) is 24.3 Å². The Labute approximate surface area is 140 Å². The third kappa shape index (κ3) is 2.29. The first-order valence-corrected chi connectivity index (χ1v) is 7.90. The van der Waals surface area contributed by atoms with Crippen LogP contribution in [0.1, 0.15) is 10.4 Å². The average Bonchev–Trinajstić information content (AvgIpc) is 2.97. The number of H-pyrrole nitrogens is 1. The molecule has 0 saturated heterocycles. The number of primary amides is 1. The van der Waals surface area contributed by atoms with Gasteiger partial charge in [-0.25, -0.2) is 4.98 Å². The number of hydrogen-bond acceptors (Lipinski definition) is 2. The minimum Gasteiger partial charge on any atom is -0.366 e. The molecule has 0 aliphatic carbocycles. The molecule has 4 rings (SSSR count). The highest BCUT2D eigenvalue weighted by Crippen LogP contribution is 2.32. The largest absolute Gasteiger partial charge is 0.366 e. The lowest BCUT2D eigenvalue weighted by molar-refractivity contribution is 0.100. The van der Waals surface area contributed by atoms with Crippen molar-refractivity contribution in [1.82, 2.24) is 9.97 Å². The Morgan fingerprint density at radius 3 is 2.65 bits per heavy atom. The Morgan fingerprint density at radius 1 is 1.04 bits per heavy atom. The lowest BCUT2D eigenvalue weighted by Gasteiger charge is -2.05. The summed E-state index contributed by atoms with van der Waals surface area (Å²) in [6.07, 6.45) is 0. The number of halogens is 1. The smallest absolute Gasteiger partial charge is 0.248 e. The van der Waals surface area contributed by atoms with Crippen molar-refractivity contribution < 1.29 is 4.79 Å². The fourth-order valence-electron chi connectivity index (χ4n) is 2.77. The lowest BCUT2D eigenvalue weighted by atomic mass is 10.0. The van der Waals surface area contributed by atoms with E-state index < -0.39 is 5.91 Å². The first kappa shape index (κ1) is 14.0. The lowest BCUT2D eigenvalue weighted by Crippen LogP contribution is -2.10. The molecule has 4 nitrogen and oxygen atoms in total. The topological polar surface area (TPSA) is 71.8 Å². The summed E-state index contributed by atoms with van der Waals surface area (Å²) in [4.78, 5) is 19.2. The summed E-state index contributed by atoms with van der Waals surface area (Å²) in [5.41, 5.74) is 8.41. The highest BCUT2D eigenvalue weighted by atomic mass is 79.9. The maximum absolute atomic E-state index is 11.3. The number of benzene rings is 3. The van der Waals surface area contributed by atoms with Gasteiger partial charge < -0.3 is 10.7 Å². The van der Waals surface area contributed by atoms with Crippen molar-refractivity contribution in [3.8, 4) is 11.4 Å². The number of fused-ring (bicyclic) bond motifs is 2. The summed E-state index contributed by atoms with van der Waals surface area (Å²) in [7, 11) is 0. The summed E-state index contributed by atoms with van der Waals surface area (Å²) in [6.45, 7) is 0. The summed E-state index contributed by atoms with van der Waals surface area (Å²) in [5, 5.41) is 2.24. The molecule has 23 heavy (non-hydrogen) atoms. The number of nitrogens with one attached hydrogen (secondary N) is 1. The first-order valence-electron chi connectivity index (χ1n) is 7.11. The highest BCUT2D eigenvalue weighted by Gasteiger charge is 2.11. The number of amides is 1. The third-order valence-electron chi connectivity index (χ3n) is 3.89. The van der Waals surface area contributed by atoms with E-state index in [2.05, 4.69) is 38.0 Å². The predicted molar refractivity (Wildman–Crippen MR) is 95.3 cm³/mol. The fraction of sp³-hybridized carbons (Fsp3) is 0. The Bertz CT molecular complexity index is 1070. The molecule has 0 spiro atoms. The van der Waals surface area contributed by atoms with E-state index in [4.69, 9.17) is 5.73 Å². The van der Waals surface area contributed by atoms with Crippen LogP contribution in [-0.4, -0.2) is 15.9 Å². The molecule has 1 heterocycles. The Kier molecular flexibility index (Phi) is 3.16. The van der Waals surface area contributed by atoms with Crippen LogP contribution in [-0.2, 0) is 0 Å². The molecule has 0 aliphatic heterocycles. The van der Waals surface area contributed by atoms with Gasteiger partial charge in [0.05, 0.1) is 11.0 Å². The molecular formula is C18H12BrN3O. The standard InChI is InChI=1S/C18H12BrN3O/c19-14-6-2-3-11-12(14)4-1-5-13(11)18-21-15-8-7-10(17(20)23)9-16(15)22-18/h1-9H,(H2,20,23)(H,21,22). The molecule has 0 aliphatic rings. The van der Waals surface area contributed by atoms with Gasteiger partial charge in [-0.05, 0) is 35.0 Å². The van der Waals surface area contributed by atoms with Crippen molar-refractivity contribution in [3.63, 3.8) is 0 Å². The van der Waals surface area contributed by atoms with Crippen molar-refractivity contribution in [2.24, 2.45) is 5.73 Å². The normalized spacial score (nSPS) is 11.2. The SMILES string of the molecule is NC(=O)c1ccc2nc(-c3cccc4c(Br)cccc34)[nH]c2c1. The molecule has 0 unspecified atom stereocenters. The number of aromatic amines is 1. The minimum absolute atomic E-state index is 0.447. The van der Waals surface area contributed by atoms with Gasteiger partial charge in [0.15, 0.2) is 0 Å². The molecule has 1 aromatic heterocycles. The van der Waals surface area contributed by atoms with Gasteiger partial charge in [0.2, 0.25) is 5.91 Å². The number of nitrogens with two attached hydrogens (primary N) is 1. The Hall–Kier alpha value is -2.66. The van der Waals surface area contributed by atoms with Gasteiger partial charge in [0.1, 0.15) is 5.82 Å². The third-order valence-corrected chi connectivity index (χ3v) is 4.58. The van der Waals surface area contributed by atoms with E-state index in [1.54, 1.807) is 18.2 Å². The van der Waals surface area contributed by atoms with Crippen LogP contribution in [0.5, 0.6) is 0 Å². The molecule has 0 atom stereocenters. The van der Waals surface area contributed by atoms with Gasteiger partial charge in [0, 0.05) is 15.6 Å². The van der Waals surface area contributed by atoms with E-state index in [0.717, 1.165) is 37.7 Å². The van der Waals surface area contributed by atoms with Gasteiger partial charge >= 0.3 is 0 Å². The second-order valence-corrected chi connectivity index (χ2v) is 6.18. The van der Waals surface area contributed by atoms with E-state index in [-0.39, 0.29) is 0 Å². The zero-order chi connectivity index (χ0) is 16.0. The summed E-state index contributed by atoms with van der Waals surface area (Å²) >= 11 is 3.58. The number of hydrogen-bond donors (Lipinski definition) is 2. The summed E-state index contributed by atoms with van der Waals surface area (Å²) in [5.74, 6) is 0.322. The molecule has 4 aromatic rings. The number of rotatable bonds is 2. The predicted octanol–water partition coefficient (Wildman–Crippen LogP) is 4.24. The van der Waals surface area contributed by atoms with Crippen molar-refractivity contribution in [3.05, 3.63) is 64.6 Å². The van der Waals surface area contributed by atoms with E-state index in [9.17, 15) is 4.79 Å². The number of carbonyl (C=O) groups is 1. The molecule has 0 radical (unpaired) electrons. The maximum atomic E-state index is 11.3. The van der Waals surface area contributed by atoms with Crippen LogP contribution in [0.15, 0.2) is 59.1 Å². The number of imidazole rings is 1. The van der Waals surface area contributed by atoms with Crippen molar-refractivity contribution in [1.29, 1.82) is 0 Å². The molecule has 5 heteroatoms. The molecule has 1 amide bonds. The summed E-state index contributed by atoms with van der Waals surface area (Å²) < 4.78 is 1.05. The van der Waals surface area contributed by atoms with Crippen LogP contribution in [0.2, 0.25) is 0 Å². The molecule has 3 aromatic carbocycles. The molecule has 112 valence electrons. The van der Waals surface area contributed by atoms with Crippen LogP contribution in [0, 0.1) is 0 Å². The van der Waals surface area contributed by atoms with E-state index in [0.29, 0.717) is 5.56 Å². The van der Waals surface area contributed by atoms with Gasteiger partial charge in [-0.15, -0.1) is 0 Å². The number of carbonyl (C=O) groups excluding carboxylic acids is 1. The zero-order valence-corrected chi connectivity index (χ0v) is 13.6.